The molecule has 0 bridgehead atoms. The van der Waals surface area contributed by atoms with E-state index < -0.39 is 27.7 Å². The Balaban J connectivity index is 2.77. The second-order valence-corrected chi connectivity index (χ2v) is 3.40. The van der Waals surface area contributed by atoms with Gasteiger partial charge >= 0.3 is 16.9 Å². The molecule has 18 heavy (non-hydrogen) atoms. The van der Waals surface area contributed by atoms with E-state index in [1.807, 2.05) is 0 Å². The summed E-state index contributed by atoms with van der Waals surface area (Å²) in [7, 11) is 0. The summed E-state index contributed by atoms with van der Waals surface area (Å²) in [5, 5.41) is 10.8. The lowest BCUT2D eigenvalue weighted by Crippen LogP contribution is -2.25. The van der Waals surface area contributed by atoms with E-state index in [9.17, 15) is 24.1 Å². The molecule has 8 heteroatoms. The van der Waals surface area contributed by atoms with Crippen LogP contribution in [0.4, 0.5) is 10.1 Å². The Morgan fingerprint density at radius 1 is 1.11 bits per heavy atom. The number of benzene rings is 1. The number of halogens is 1. The van der Waals surface area contributed by atoms with Crippen molar-refractivity contribution in [1.82, 2.24) is 9.97 Å². The second kappa shape index (κ2) is 4.24. The van der Waals surface area contributed by atoms with Crippen molar-refractivity contribution >= 4 is 5.69 Å². The van der Waals surface area contributed by atoms with Gasteiger partial charge in [0.1, 0.15) is 11.5 Å². The second-order valence-electron chi connectivity index (χ2n) is 3.40. The summed E-state index contributed by atoms with van der Waals surface area (Å²) in [6.45, 7) is 0. The van der Waals surface area contributed by atoms with Gasteiger partial charge in [-0.3, -0.25) is 19.9 Å². The van der Waals surface area contributed by atoms with Crippen molar-refractivity contribution in [1.29, 1.82) is 0 Å². The molecule has 0 saturated carbocycles. The van der Waals surface area contributed by atoms with Crippen LogP contribution < -0.4 is 11.2 Å². The third kappa shape index (κ3) is 2.03. The highest BCUT2D eigenvalue weighted by Crippen LogP contribution is 2.22. The van der Waals surface area contributed by atoms with Crippen LogP contribution in [0.2, 0.25) is 0 Å². The lowest BCUT2D eigenvalue weighted by atomic mass is 10.1. The average Bonchev–Trinajstić information content (AvgIpc) is 2.28. The van der Waals surface area contributed by atoms with E-state index in [2.05, 4.69) is 4.98 Å². The summed E-state index contributed by atoms with van der Waals surface area (Å²) >= 11 is 0. The zero-order valence-corrected chi connectivity index (χ0v) is 8.77. The fourth-order valence-corrected chi connectivity index (χ4v) is 1.48. The molecule has 0 aliphatic heterocycles. The average molecular weight is 251 g/mol. The van der Waals surface area contributed by atoms with Crippen LogP contribution in [-0.2, 0) is 0 Å². The standard InChI is InChI=1S/C10H6FN3O4/c11-6-3-1-5(2-4-6)7-8(14(17)18)9(15)13-10(16)12-7/h1-4H,(H2,12,13,15,16). The van der Waals surface area contributed by atoms with Crippen LogP contribution >= 0.6 is 0 Å². The number of hydrogen-bond acceptors (Lipinski definition) is 4. The highest BCUT2D eigenvalue weighted by molar-refractivity contribution is 5.68. The minimum Gasteiger partial charge on any atom is -0.301 e. The number of nitrogens with one attached hydrogen (secondary N) is 2. The number of aromatic amines is 2. The van der Waals surface area contributed by atoms with Gasteiger partial charge in [-0.25, -0.2) is 9.18 Å². The number of nitrogens with zero attached hydrogens (tertiary/aromatic N) is 1. The Morgan fingerprint density at radius 3 is 2.28 bits per heavy atom. The van der Waals surface area contributed by atoms with Crippen LogP contribution in [0.25, 0.3) is 11.3 Å². The molecule has 0 radical (unpaired) electrons. The molecule has 0 unspecified atom stereocenters. The van der Waals surface area contributed by atoms with Gasteiger partial charge in [-0.2, -0.15) is 0 Å². The predicted octanol–water partition coefficient (Wildman–Crippen LogP) is 0.777. The highest BCUT2D eigenvalue weighted by Gasteiger charge is 2.21. The summed E-state index contributed by atoms with van der Waals surface area (Å²) in [5.74, 6) is -0.534. The van der Waals surface area contributed by atoms with Crippen LogP contribution in [0.1, 0.15) is 0 Å². The van der Waals surface area contributed by atoms with Crippen molar-refractivity contribution in [2.45, 2.75) is 0 Å². The summed E-state index contributed by atoms with van der Waals surface area (Å²) in [6, 6.07) is 4.59. The summed E-state index contributed by atoms with van der Waals surface area (Å²) < 4.78 is 12.7. The van der Waals surface area contributed by atoms with Gasteiger partial charge < -0.3 is 4.98 Å². The first-order valence-corrected chi connectivity index (χ1v) is 4.76. The van der Waals surface area contributed by atoms with Crippen molar-refractivity contribution in [3.05, 3.63) is 61.0 Å². The van der Waals surface area contributed by atoms with Gasteiger partial charge in [0.15, 0.2) is 0 Å². The number of H-pyrrole nitrogens is 2. The van der Waals surface area contributed by atoms with E-state index in [1.54, 1.807) is 4.98 Å². The van der Waals surface area contributed by atoms with Gasteiger partial charge in [-0.15, -0.1) is 0 Å². The minimum atomic E-state index is -1.11. The third-order valence-electron chi connectivity index (χ3n) is 2.23. The SMILES string of the molecule is O=c1[nH]c(-c2ccc(F)cc2)c([N+](=O)[O-])c(=O)[nH]1. The summed E-state index contributed by atoms with van der Waals surface area (Å²) in [6.07, 6.45) is 0. The number of nitro groups is 1. The molecule has 2 N–H and O–H groups in total. The maximum Gasteiger partial charge on any atom is 0.357 e. The van der Waals surface area contributed by atoms with E-state index in [0.717, 1.165) is 12.1 Å². The van der Waals surface area contributed by atoms with Gasteiger partial charge in [-0.05, 0) is 24.3 Å². The van der Waals surface area contributed by atoms with Crippen LogP contribution in [-0.4, -0.2) is 14.9 Å². The van der Waals surface area contributed by atoms with E-state index in [0.29, 0.717) is 0 Å². The number of aromatic nitrogens is 2. The Labute approximate surface area is 98.1 Å². The zero-order valence-electron chi connectivity index (χ0n) is 8.77. The van der Waals surface area contributed by atoms with E-state index >= 15 is 0 Å². The molecular formula is C10H6FN3O4. The predicted molar refractivity (Wildman–Crippen MR) is 59.7 cm³/mol. The van der Waals surface area contributed by atoms with Crippen molar-refractivity contribution in [3.63, 3.8) is 0 Å². The molecule has 0 atom stereocenters. The van der Waals surface area contributed by atoms with Gasteiger partial charge in [-0.1, -0.05) is 0 Å². The van der Waals surface area contributed by atoms with Gasteiger partial charge in [0, 0.05) is 5.56 Å². The van der Waals surface area contributed by atoms with Crippen LogP contribution in [0.3, 0.4) is 0 Å². The maximum atomic E-state index is 12.7. The Kier molecular flexibility index (Phi) is 2.76. The monoisotopic (exact) mass is 251 g/mol. The smallest absolute Gasteiger partial charge is 0.301 e. The largest absolute Gasteiger partial charge is 0.357 e. The molecule has 0 aliphatic rings. The molecule has 0 amide bonds. The molecule has 0 fully saturated rings. The molecule has 1 aromatic carbocycles. The Bertz CT molecular complexity index is 717. The van der Waals surface area contributed by atoms with Gasteiger partial charge in [0.25, 0.3) is 0 Å². The van der Waals surface area contributed by atoms with Crippen LogP contribution in [0.15, 0.2) is 33.9 Å². The third-order valence-corrected chi connectivity index (χ3v) is 2.23. The molecule has 1 heterocycles. The molecule has 2 rings (SSSR count). The first-order valence-electron chi connectivity index (χ1n) is 4.76. The Hall–Kier alpha value is -2.77. The Morgan fingerprint density at radius 2 is 1.72 bits per heavy atom. The molecule has 7 nitrogen and oxygen atoms in total. The summed E-state index contributed by atoms with van der Waals surface area (Å²) in [4.78, 5) is 36.3. The van der Waals surface area contributed by atoms with E-state index in [-0.39, 0.29) is 11.3 Å². The molecular weight excluding hydrogens is 245 g/mol. The normalized spacial score (nSPS) is 10.3. The minimum absolute atomic E-state index is 0.173. The van der Waals surface area contributed by atoms with Crippen LogP contribution in [0.5, 0.6) is 0 Å². The maximum absolute atomic E-state index is 12.7. The van der Waals surface area contributed by atoms with E-state index in [1.165, 1.54) is 12.1 Å². The molecule has 0 aliphatic carbocycles. The molecule has 0 spiro atoms. The van der Waals surface area contributed by atoms with Crippen molar-refractivity contribution < 1.29 is 9.31 Å². The quantitative estimate of drug-likeness (QED) is 0.607. The van der Waals surface area contributed by atoms with Gasteiger partial charge in [0.05, 0.1) is 4.92 Å². The van der Waals surface area contributed by atoms with Crippen molar-refractivity contribution in [2.24, 2.45) is 0 Å². The van der Waals surface area contributed by atoms with Crippen molar-refractivity contribution in [2.75, 3.05) is 0 Å². The summed E-state index contributed by atoms with van der Waals surface area (Å²) in [5.41, 5.74) is -2.85. The van der Waals surface area contributed by atoms with Gasteiger partial charge in [0.2, 0.25) is 0 Å². The van der Waals surface area contributed by atoms with Crippen LogP contribution in [0, 0.1) is 15.9 Å². The fourth-order valence-electron chi connectivity index (χ4n) is 1.48. The highest BCUT2D eigenvalue weighted by atomic mass is 19.1. The lowest BCUT2D eigenvalue weighted by Gasteiger charge is -2.01. The topological polar surface area (TPSA) is 109 Å². The van der Waals surface area contributed by atoms with Crippen molar-refractivity contribution in [3.8, 4) is 11.3 Å². The first-order chi connectivity index (χ1) is 8.49. The molecule has 92 valence electrons. The lowest BCUT2D eigenvalue weighted by molar-refractivity contribution is -0.385. The van der Waals surface area contributed by atoms with E-state index in [4.69, 9.17) is 0 Å². The molecule has 2 aromatic rings. The number of hydrogen-bond donors (Lipinski definition) is 2. The zero-order chi connectivity index (χ0) is 13.3. The fraction of sp³-hybridized carbons (Fsp3) is 0. The molecule has 0 saturated heterocycles. The first kappa shape index (κ1) is 11.7. The number of rotatable bonds is 2. The molecule has 1 aromatic heterocycles.